The number of rotatable bonds is 8. The molecule has 0 saturated carbocycles. The summed E-state index contributed by atoms with van der Waals surface area (Å²) >= 11 is 1.66. The number of allylic oxidation sites excluding steroid dienone is 2. The maximum Gasteiger partial charge on any atom is 0.337 e. The van der Waals surface area contributed by atoms with Crippen molar-refractivity contribution in [2.75, 3.05) is 12.4 Å². The predicted molar refractivity (Wildman–Crippen MR) is 173 cm³/mol. The molecule has 45 heavy (non-hydrogen) atoms. The maximum atomic E-state index is 14.1. The van der Waals surface area contributed by atoms with Gasteiger partial charge in [-0.2, -0.15) is 5.10 Å². The minimum atomic E-state index is -1.04. The Morgan fingerprint density at radius 1 is 1.02 bits per heavy atom. The second kappa shape index (κ2) is 11.7. The van der Waals surface area contributed by atoms with Crippen molar-refractivity contribution >= 4 is 28.9 Å². The van der Waals surface area contributed by atoms with E-state index in [9.17, 15) is 14.7 Å². The van der Waals surface area contributed by atoms with Crippen molar-refractivity contribution in [1.29, 1.82) is 0 Å². The number of aryl methyl sites for hydroxylation is 1. The van der Waals surface area contributed by atoms with Crippen LogP contribution in [0.2, 0.25) is 0 Å². The van der Waals surface area contributed by atoms with Gasteiger partial charge in [-0.3, -0.25) is 4.79 Å². The molecule has 0 saturated heterocycles. The molecule has 2 aliphatic rings. The molecule has 3 aromatic carbocycles. The number of fused-ring (bicyclic) bond motifs is 1. The Kier molecular flexibility index (Phi) is 7.47. The average Bonchev–Trinajstić information content (AvgIpc) is 3.72. The van der Waals surface area contributed by atoms with E-state index in [-0.39, 0.29) is 17.3 Å². The van der Waals surface area contributed by atoms with Gasteiger partial charge in [0.05, 0.1) is 24.1 Å². The highest BCUT2D eigenvalue weighted by atomic mass is 32.1. The first kappa shape index (κ1) is 28.6. The fraction of sp³-hybridized carbons (Fsp3) is 0.194. The number of hydrogen-bond acceptors (Lipinski definition) is 7. The number of carboxylic acid groups (broad SMARTS) is 1. The first-order chi connectivity index (χ1) is 21.9. The minimum absolute atomic E-state index is 0.0537. The van der Waals surface area contributed by atoms with Crippen molar-refractivity contribution in [3.8, 4) is 17.2 Å². The van der Waals surface area contributed by atoms with Crippen LogP contribution in [-0.2, 0) is 11.4 Å². The zero-order chi connectivity index (χ0) is 31.1. The van der Waals surface area contributed by atoms with Crippen LogP contribution >= 0.6 is 11.3 Å². The van der Waals surface area contributed by atoms with Gasteiger partial charge in [0, 0.05) is 40.0 Å². The zero-order valence-corrected chi connectivity index (χ0v) is 25.6. The van der Waals surface area contributed by atoms with Gasteiger partial charge in [0.1, 0.15) is 12.4 Å². The molecule has 1 aliphatic carbocycles. The van der Waals surface area contributed by atoms with Crippen LogP contribution in [-0.4, -0.2) is 33.7 Å². The Morgan fingerprint density at radius 2 is 1.82 bits per heavy atom. The molecule has 0 amide bonds. The fourth-order valence-electron chi connectivity index (χ4n) is 6.47. The van der Waals surface area contributed by atoms with Gasteiger partial charge in [0.25, 0.3) is 0 Å². The zero-order valence-electron chi connectivity index (χ0n) is 24.8. The lowest BCUT2D eigenvalue weighted by Gasteiger charge is -2.35. The van der Waals surface area contributed by atoms with Gasteiger partial charge in [0.15, 0.2) is 17.3 Å². The maximum absolute atomic E-state index is 14.1. The van der Waals surface area contributed by atoms with Crippen LogP contribution in [0.5, 0.6) is 11.5 Å². The number of methoxy groups -OCH3 is 1. The van der Waals surface area contributed by atoms with Crippen LogP contribution in [0.3, 0.4) is 0 Å². The highest BCUT2D eigenvalue weighted by molar-refractivity contribution is 7.10. The molecule has 0 unspecified atom stereocenters. The third-order valence-corrected chi connectivity index (χ3v) is 9.56. The first-order valence-electron chi connectivity index (χ1n) is 14.8. The SMILES string of the molecule is COc1cc([C@@H]2C3=C(C[C@@H](c4cccs4)CC3=O)Nc3c2c(C)nn3-c2ccccc2C(=O)O)ccc1OCc1ccccc1. The summed E-state index contributed by atoms with van der Waals surface area (Å²) in [5, 5.41) is 20.4. The highest BCUT2D eigenvalue weighted by Crippen LogP contribution is 2.51. The van der Waals surface area contributed by atoms with Crippen molar-refractivity contribution in [1.82, 2.24) is 9.78 Å². The lowest BCUT2D eigenvalue weighted by molar-refractivity contribution is -0.116. The molecule has 2 atom stereocenters. The van der Waals surface area contributed by atoms with Crippen LogP contribution < -0.4 is 14.8 Å². The minimum Gasteiger partial charge on any atom is -0.493 e. The number of aromatic nitrogens is 2. The van der Waals surface area contributed by atoms with Gasteiger partial charge in [-0.05, 0) is 60.2 Å². The Bertz CT molecular complexity index is 1940. The van der Waals surface area contributed by atoms with Crippen LogP contribution in [0, 0.1) is 6.92 Å². The molecule has 7 rings (SSSR count). The van der Waals surface area contributed by atoms with Gasteiger partial charge in [0.2, 0.25) is 0 Å². The lowest BCUT2D eigenvalue weighted by Crippen LogP contribution is -2.30. The molecule has 0 radical (unpaired) electrons. The number of carboxylic acids is 1. The second-order valence-electron chi connectivity index (χ2n) is 11.3. The molecule has 0 bridgehead atoms. The molecule has 9 heteroatoms. The van der Waals surface area contributed by atoms with Gasteiger partial charge in [-0.25, -0.2) is 9.48 Å². The Balaban J connectivity index is 1.36. The van der Waals surface area contributed by atoms with Crippen molar-refractivity contribution in [2.45, 2.75) is 38.2 Å². The molecule has 226 valence electrons. The lowest BCUT2D eigenvalue weighted by atomic mass is 9.73. The van der Waals surface area contributed by atoms with E-state index in [0.29, 0.717) is 53.7 Å². The van der Waals surface area contributed by atoms with E-state index in [0.717, 1.165) is 22.4 Å². The third-order valence-electron chi connectivity index (χ3n) is 8.53. The molecular weight excluding hydrogens is 586 g/mol. The topological polar surface area (TPSA) is 103 Å². The molecule has 3 heterocycles. The van der Waals surface area contributed by atoms with Gasteiger partial charge in [-0.15, -0.1) is 11.3 Å². The van der Waals surface area contributed by atoms with Crippen molar-refractivity contribution < 1.29 is 24.2 Å². The molecule has 2 aromatic heterocycles. The number of nitrogens with one attached hydrogen (secondary N) is 1. The van der Waals surface area contributed by atoms with Crippen molar-refractivity contribution in [2.24, 2.45) is 0 Å². The number of anilines is 1. The van der Waals surface area contributed by atoms with Gasteiger partial charge < -0.3 is 19.9 Å². The van der Waals surface area contributed by atoms with Gasteiger partial charge >= 0.3 is 5.97 Å². The molecule has 0 spiro atoms. The van der Waals surface area contributed by atoms with E-state index in [1.807, 2.05) is 66.9 Å². The summed E-state index contributed by atoms with van der Waals surface area (Å²) in [7, 11) is 1.61. The van der Waals surface area contributed by atoms with Crippen LogP contribution in [0.1, 0.15) is 62.3 Å². The number of nitrogens with zero attached hydrogens (tertiary/aromatic N) is 2. The highest BCUT2D eigenvalue weighted by Gasteiger charge is 2.42. The number of hydrogen-bond donors (Lipinski definition) is 2. The summed E-state index contributed by atoms with van der Waals surface area (Å²) in [5.74, 6) is 0.484. The van der Waals surface area contributed by atoms with E-state index in [4.69, 9.17) is 14.6 Å². The largest absolute Gasteiger partial charge is 0.493 e. The number of carbonyl (C=O) groups is 2. The molecule has 8 nitrogen and oxygen atoms in total. The summed E-state index contributed by atoms with van der Waals surface area (Å²) in [5.41, 5.74) is 5.57. The van der Waals surface area contributed by atoms with Crippen LogP contribution in [0.25, 0.3) is 5.69 Å². The number of carbonyl (C=O) groups excluding carboxylic acids is 1. The standard InChI is InChI=1S/C36H31N3O5S/c1-21-32-33(23-14-15-29(30(19-23)43-2)44-20-22-9-4-3-5-10-22)34-26(17-24(18-28(34)40)31-13-8-16-45-31)37-35(32)39(38-21)27-12-7-6-11-25(27)36(41)42/h3-16,19,24,33,37H,17-18,20H2,1-2H3,(H,41,42)/t24-,33+/m1/s1. The molecule has 2 N–H and O–H groups in total. The normalized spacial score (nSPS) is 17.3. The average molecular weight is 618 g/mol. The third kappa shape index (κ3) is 5.19. The van der Waals surface area contributed by atoms with E-state index in [1.165, 1.54) is 4.88 Å². The molecular formula is C36H31N3O5S. The Labute approximate surface area is 264 Å². The van der Waals surface area contributed by atoms with Crippen LogP contribution in [0.4, 0.5) is 5.82 Å². The predicted octanol–water partition coefficient (Wildman–Crippen LogP) is 7.49. The summed E-state index contributed by atoms with van der Waals surface area (Å²) in [6.07, 6.45) is 1.06. The number of ether oxygens (including phenoxy) is 2. The van der Waals surface area contributed by atoms with E-state index in [1.54, 1.807) is 47.4 Å². The van der Waals surface area contributed by atoms with E-state index in [2.05, 4.69) is 11.4 Å². The van der Waals surface area contributed by atoms with Crippen LogP contribution in [0.15, 0.2) is 102 Å². The fourth-order valence-corrected chi connectivity index (χ4v) is 7.30. The molecule has 1 aliphatic heterocycles. The number of ketones is 1. The van der Waals surface area contributed by atoms with Crippen molar-refractivity contribution in [3.05, 3.63) is 134 Å². The Hall–Kier alpha value is -5.15. The Morgan fingerprint density at radius 3 is 2.58 bits per heavy atom. The summed E-state index contributed by atoms with van der Waals surface area (Å²) < 4.78 is 13.6. The summed E-state index contributed by atoms with van der Waals surface area (Å²) in [4.78, 5) is 27.5. The molecule has 0 fully saturated rings. The van der Waals surface area contributed by atoms with Gasteiger partial charge in [-0.1, -0.05) is 54.6 Å². The number of thiophene rings is 1. The number of benzene rings is 3. The van der Waals surface area contributed by atoms with E-state index < -0.39 is 11.9 Å². The first-order valence-corrected chi connectivity index (χ1v) is 15.6. The quantitative estimate of drug-likeness (QED) is 0.186. The number of aromatic carboxylic acids is 1. The monoisotopic (exact) mass is 617 g/mol. The number of Topliss-reactive ketones (excluding diaryl/α,β-unsaturated/α-hetero) is 1. The van der Waals surface area contributed by atoms with Crippen molar-refractivity contribution in [3.63, 3.8) is 0 Å². The summed E-state index contributed by atoms with van der Waals surface area (Å²) in [6.45, 7) is 2.29. The van der Waals surface area contributed by atoms with E-state index >= 15 is 0 Å². The molecule has 5 aromatic rings. The summed E-state index contributed by atoms with van der Waals surface area (Å²) in [6, 6.07) is 26.6. The number of para-hydroxylation sites is 1. The smallest absolute Gasteiger partial charge is 0.337 e. The second-order valence-corrected chi connectivity index (χ2v) is 12.2.